The lowest BCUT2D eigenvalue weighted by Gasteiger charge is -2.29. The molecule has 2 aliphatic rings. The van der Waals surface area contributed by atoms with Gasteiger partial charge in [-0.1, -0.05) is 0 Å². The van der Waals surface area contributed by atoms with E-state index in [9.17, 15) is 32.9 Å². The number of nitrogens with zero attached hydrogens (tertiary/aromatic N) is 2. The molecular weight excluding hydrogens is 503 g/mol. The number of carbonyl (C=O) groups excluding carboxylic acids is 2. The molecule has 12 nitrogen and oxygen atoms in total. The molecule has 2 unspecified atom stereocenters. The van der Waals surface area contributed by atoms with Crippen LogP contribution in [-0.4, -0.2) is 75.7 Å². The van der Waals surface area contributed by atoms with Crippen molar-refractivity contribution in [3.05, 3.63) is 24.0 Å². The van der Waals surface area contributed by atoms with Crippen molar-refractivity contribution in [1.82, 2.24) is 5.32 Å². The minimum atomic E-state index is -5.28. The number of nitrogens with one attached hydrogen (secondary N) is 1. The molecule has 4 N–H and O–H groups in total. The summed E-state index contributed by atoms with van der Waals surface area (Å²) in [7, 11) is -8.85. The zero-order valence-electron chi connectivity index (χ0n) is 17.4. The molecule has 0 aromatic heterocycles. The first kappa shape index (κ1) is 25.7. The zero-order chi connectivity index (χ0) is 24.4. The number of benzene rings is 1. The van der Waals surface area contributed by atoms with E-state index in [0.29, 0.717) is 12.6 Å². The molecule has 1 aromatic rings. The topological polar surface area (TPSA) is 166 Å². The minimum absolute atomic E-state index is 0.0394. The van der Waals surface area contributed by atoms with Gasteiger partial charge in [0.15, 0.2) is 0 Å². The number of amides is 2. The SMILES string of the molecule is CC(OC(=O)NC[C@H]1CN(c2ccc(N3CCSCC3)c(F)c2)C(=O)O1)([P+](=O)O)P(=O)(O)O. The Morgan fingerprint density at radius 1 is 1.42 bits per heavy atom. The van der Waals surface area contributed by atoms with Crippen LogP contribution in [0.2, 0.25) is 0 Å². The van der Waals surface area contributed by atoms with Crippen molar-refractivity contribution in [3.63, 3.8) is 0 Å². The highest BCUT2D eigenvalue weighted by Gasteiger charge is 2.64. The average Bonchev–Trinajstić information content (AvgIpc) is 3.12. The number of halogens is 1. The maximum atomic E-state index is 14.7. The largest absolute Gasteiger partial charge is 0.567 e. The van der Waals surface area contributed by atoms with Crippen LogP contribution in [0.4, 0.5) is 25.4 Å². The summed E-state index contributed by atoms with van der Waals surface area (Å²) in [5.74, 6) is 1.32. The van der Waals surface area contributed by atoms with Crippen LogP contribution in [0, 0.1) is 5.82 Å². The maximum Gasteiger partial charge on any atom is 0.567 e. The molecule has 3 atom stereocenters. The van der Waals surface area contributed by atoms with Gasteiger partial charge in [0.25, 0.3) is 0 Å². The number of hydrogen-bond donors (Lipinski definition) is 4. The number of ether oxygens (including phenoxy) is 2. The lowest BCUT2D eigenvalue weighted by molar-refractivity contribution is 0.0940. The molecule has 0 saturated carbocycles. The molecular formula is C17H23FN3O9P2S+. The Bertz CT molecular complexity index is 990. The first-order chi connectivity index (χ1) is 15.4. The molecule has 2 amide bonds. The third-order valence-corrected chi connectivity index (χ3v) is 9.34. The van der Waals surface area contributed by atoms with Gasteiger partial charge in [-0.2, -0.15) is 16.7 Å². The maximum absolute atomic E-state index is 14.7. The van der Waals surface area contributed by atoms with Crippen LogP contribution in [0.15, 0.2) is 18.2 Å². The van der Waals surface area contributed by atoms with Crippen molar-refractivity contribution < 1.29 is 47.3 Å². The molecule has 2 aliphatic heterocycles. The van der Waals surface area contributed by atoms with Crippen LogP contribution >= 0.6 is 27.4 Å². The van der Waals surface area contributed by atoms with E-state index in [2.05, 4.69) is 10.1 Å². The van der Waals surface area contributed by atoms with Gasteiger partial charge in [0.2, 0.25) is 0 Å². The fourth-order valence-electron chi connectivity index (χ4n) is 3.18. The van der Waals surface area contributed by atoms with E-state index in [1.165, 1.54) is 11.0 Å². The van der Waals surface area contributed by atoms with Crippen molar-refractivity contribution in [1.29, 1.82) is 0 Å². The molecule has 33 heavy (non-hydrogen) atoms. The quantitative estimate of drug-likeness (QED) is 0.384. The fourth-order valence-corrected chi connectivity index (χ4v) is 5.34. The van der Waals surface area contributed by atoms with Crippen LogP contribution in [0.1, 0.15) is 6.92 Å². The molecule has 0 radical (unpaired) electrons. The first-order valence-corrected chi connectivity index (χ1v) is 13.7. The van der Waals surface area contributed by atoms with E-state index >= 15 is 0 Å². The van der Waals surface area contributed by atoms with E-state index < -0.39 is 44.8 Å². The van der Waals surface area contributed by atoms with Crippen molar-refractivity contribution in [2.75, 3.05) is 47.5 Å². The fraction of sp³-hybridized carbons (Fsp3) is 0.529. The van der Waals surface area contributed by atoms with Crippen LogP contribution in [0.5, 0.6) is 0 Å². The summed E-state index contributed by atoms with van der Waals surface area (Å²) < 4.78 is 47.0. The second-order valence-electron chi connectivity index (χ2n) is 7.37. The predicted molar refractivity (Wildman–Crippen MR) is 118 cm³/mol. The van der Waals surface area contributed by atoms with E-state index in [0.717, 1.165) is 24.6 Å². The number of alkyl carbamates (subject to hydrolysis) is 1. The normalized spacial score (nSPS) is 21.3. The summed E-state index contributed by atoms with van der Waals surface area (Å²) in [4.78, 5) is 54.8. The summed E-state index contributed by atoms with van der Waals surface area (Å²) in [5, 5.41) is -0.801. The van der Waals surface area contributed by atoms with Crippen LogP contribution in [0.3, 0.4) is 0 Å². The summed E-state index contributed by atoms with van der Waals surface area (Å²) in [6.07, 6.45) is -3.03. The molecule has 182 valence electrons. The Balaban J connectivity index is 1.59. The van der Waals surface area contributed by atoms with Gasteiger partial charge in [-0.15, -0.1) is 0 Å². The van der Waals surface area contributed by atoms with Gasteiger partial charge in [-0.25, -0.2) is 14.0 Å². The Hall–Kier alpha value is -1.95. The molecule has 16 heteroatoms. The lowest BCUT2D eigenvalue weighted by Crippen LogP contribution is -2.39. The molecule has 3 rings (SSSR count). The summed E-state index contributed by atoms with van der Waals surface area (Å²) in [6, 6.07) is 4.41. The molecule has 0 aliphatic carbocycles. The van der Waals surface area contributed by atoms with Crippen LogP contribution < -0.4 is 15.1 Å². The smallest absolute Gasteiger partial charge is 0.442 e. The van der Waals surface area contributed by atoms with E-state index in [1.54, 1.807) is 23.9 Å². The standard InChI is InChI=1S/C17H22FN3O9P2S/c1-17(31(24)25,32(26,27)28)30-15(22)19-9-12-10-21(16(23)29-12)11-2-3-14(13(18)8-11)20-4-6-33-7-5-20/h2-3,8,12H,4-7,9-10H2,1H3,(H3-,19,22,24,25,26,27,28)/p+1/t12-,17?/m0/s1. The van der Waals surface area contributed by atoms with Crippen molar-refractivity contribution in [3.8, 4) is 0 Å². The number of cyclic esters (lactones) is 1. The molecule has 2 heterocycles. The molecule has 2 saturated heterocycles. The first-order valence-electron chi connectivity index (χ1n) is 9.71. The van der Waals surface area contributed by atoms with E-state index in [-0.39, 0.29) is 18.8 Å². The highest BCUT2D eigenvalue weighted by atomic mass is 32.2. The van der Waals surface area contributed by atoms with Gasteiger partial charge in [0, 0.05) is 31.5 Å². The Morgan fingerprint density at radius 2 is 2.09 bits per heavy atom. The number of carbonyl (C=O) groups is 2. The molecule has 0 spiro atoms. The van der Waals surface area contributed by atoms with Gasteiger partial charge in [-0.3, -0.25) is 9.46 Å². The van der Waals surface area contributed by atoms with Gasteiger partial charge in [0.1, 0.15) is 11.9 Å². The third kappa shape index (κ3) is 5.76. The summed E-state index contributed by atoms with van der Waals surface area (Å²) in [5.41, 5.74) is 0.715. The Kier molecular flexibility index (Phi) is 7.87. The number of thioether (sulfide) groups is 1. The Labute approximate surface area is 193 Å². The second-order valence-corrected chi connectivity index (χ2v) is 12.3. The average molecular weight is 526 g/mol. The predicted octanol–water partition coefficient (Wildman–Crippen LogP) is 2.02. The van der Waals surface area contributed by atoms with E-state index in [1.807, 2.05) is 4.90 Å². The van der Waals surface area contributed by atoms with Crippen molar-refractivity contribution in [2.24, 2.45) is 0 Å². The Morgan fingerprint density at radius 3 is 2.67 bits per heavy atom. The minimum Gasteiger partial charge on any atom is -0.442 e. The van der Waals surface area contributed by atoms with Crippen LogP contribution in [0.25, 0.3) is 0 Å². The third-order valence-electron chi connectivity index (χ3n) is 5.12. The van der Waals surface area contributed by atoms with Gasteiger partial charge >= 0.3 is 32.9 Å². The summed E-state index contributed by atoms with van der Waals surface area (Å²) in [6.45, 7) is 1.73. The van der Waals surface area contributed by atoms with Crippen molar-refractivity contribution in [2.45, 2.75) is 18.1 Å². The van der Waals surface area contributed by atoms with E-state index in [4.69, 9.17) is 9.63 Å². The zero-order valence-corrected chi connectivity index (χ0v) is 20.0. The van der Waals surface area contributed by atoms with Crippen molar-refractivity contribution >= 4 is 50.9 Å². The number of rotatable bonds is 7. The summed E-state index contributed by atoms with van der Waals surface area (Å²) >= 11 is 1.80. The van der Waals surface area contributed by atoms with Crippen LogP contribution in [-0.2, 0) is 18.6 Å². The number of hydrogen-bond acceptors (Lipinski definition) is 8. The highest BCUT2D eigenvalue weighted by Crippen LogP contribution is 2.62. The molecule has 2 fully saturated rings. The van der Waals surface area contributed by atoms with Gasteiger partial charge in [0.05, 0.1) is 24.5 Å². The number of anilines is 2. The lowest BCUT2D eigenvalue weighted by atomic mass is 10.2. The molecule has 1 aromatic carbocycles. The van der Waals surface area contributed by atoms with Gasteiger partial charge < -0.3 is 29.5 Å². The van der Waals surface area contributed by atoms with Gasteiger partial charge in [-0.05, 0) is 22.8 Å². The molecule has 0 bridgehead atoms. The highest BCUT2D eigenvalue weighted by molar-refractivity contribution is 7.99. The second kappa shape index (κ2) is 10.1. The monoisotopic (exact) mass is 526 g/mol.